The highest BCUT2D eigenvalue weighted by Gasteiger charge is 2.20. The normalized spacial score (nSPS) is 15.0. The predicted octanol–water partition coefficient (Wildman–Crippen LogP) is 0.341. The van der Waals surface area contributed by atoms with Gasteiger partial charge in [-0.25, -0.2) is 8.42 Å². The van der Waals surface area contributed by atoms with Crippen molar-refractivity contribution in [3.8, 4) is 0 Å². The van der Waals surface area contributed by atoms with Gasteiger partial charge in [-0.05, 0) is 6.92 Å². The minimum atomic E-state index is -3.23. The number of alkyl halides is 1. The number of hydrogen-bond donors (Lipinski definition) is 0. The average Bonchev–Trinajstić information content (AvgIpc) is 1.62. The molecule has 0 aromatic heterocycles. The second-order valence-electron chi connectivity index (χ2n) is 1.76. The van der Waals surface area contributed by atoms with Crippen molar-refractivity contribution in [1.82, 2.24) is 0 Å². The first kappa shape index (κ1) is 9.10. The van der Waals surface area contributed by atoms with Crippen molar-refractivity contribution in [2.45, 2.75) is 11.1 Å². The van der Waals surface area contributed by atoms with E-state index in [1.165, 1.54) is 6.92 Å². The molecular formula is C4H7BrO3S. The molecule has 0 fully saturated rings. The van der Waals surface area contributed by atoms with Gasteiger partial charge in [-0.15, -0.1) is 0 Å². The fourth-order valence-corrected chi connectivity index (χ4v) is 0.904. The van der Waals surface area contributed by atoms with Gasteiger partial charge in [-0.3, -0.25) is 4.79 Å². The molecule has 0 heterocycles. The van der Waals surface area contributed by atoms with Crippen LogP contribution in [0.3, 0.4) is 0 Å². The summed E-state index contributed by atoms with van der Waals surface area (Å²) in [6.45, 7) is 1.22. The minimum absolute atomic E-state index is 0.391. The lowest BCUT2D eigenvalue weighted by molar-refractivity contribution is -0.115. The van der Waals surface area contributed by atoms with Crippen LogP contribution >= 0.6 is 15.9 Å². The van der Waals surface area contributed by atoms with Crippen molar-refractivity contribution >= 4 is 31.6 Å². The maximum absolute atomic E-state index is 10.5. The molecular weight excluding hydrogens is 208 g/mol. The van der Waals surface area contributed by atoms with Crippen LogP contribution < -0.4 is 0 Å². The van der Waals surface area contributed by atoms with Crippen LogP contribution in [-0.4, -0.2) is 24.6 Å². The Labute approximate surface area is 62.5 Å². The van der Waals surface area contributed by atoms with Crippen LogP contribution in [-0.2, 0) is 14.6 Å². The summed E-state index contributed by atoms with van der Waals surface area (Å²) in [5.74, 6) is -0.391. The molecule has 0 amide bonds. The van der Waals surface area contributed by atoms with Gasteiger partial charge < -0.3 is 0 Å². The Hall–Kier alpha value is 0.1000. The highest BCUT2D eigenvalue weighted by molar-refractivity contribution is 9.11. The molecule has 3 nitrogen and oxygen atoms in total. The summed E-state index contributed by atoms with van der Waals surface area (Å²) in [5, 5.41) is 0. The lowest BCUT2D eigenvalue weighted by atomic mass is 10.5. The van der Waals surface area contributed by atoms with Gasteiger partial charge in [0.15, 0.2) is 19.8 Å². The molecule has 0 bridgehead atoms. The number of halogens is 1. The number of ketones is 1. The molecule has 0 aliphatic rings. The molecule has 0 aliphatic carbocycles. The highest BCUT2D eigenvalue weighted by atomic mass is 79.9. The summed E-state index contributed by atoms with van der Waals surface area (Å²) < 4.78 is 20.0. The standard InChI is InChI=1S/C4H7BrO3S/c1-3(6)4(5)9(2,7)8/h4H,1-2H3/t4-/m1/s1. The van der Waals surface area contributed by atoms with Gasteiger partial charge in [0.1, 0.15) is 0 Å². The molecule has 1 atom stereocenters. The van der Waals surface area contributed by atoms with E-state index in [1.54, 1.807) is 0 Å². The lowest BCUT2D eigenvalue weighted by Crippen LogP contribution is -2.20. The van der Waals surface area contributed by atoms with E-state index < -0.39 is 19.8 Å². The number of carbonyl (C=O) groups excluding carboxylic acids is 1. The minimum Gasteiger partial charge on any atom is -0.298 e. The summed E-state index contributed by atoms with van der Waals surface area (Å²) in [4.78, 5) is 10.4. The molecule has 0 unspecified atom stereocenters. The number of carbonyl (C=O) groups is 1. The monoisotopic (exact) mass is 214 g/mol. The van der Waals surface area contributed by atoms with Crippen LogP contribution in [0.15, 0.2) is 0 Å². The van der Waals surface area contributed by atoms with E-state index in [0.717, 1.165) is 6.26 Å². The summed E-state index contributed by atoms with van der Waals surface area (Å²) >= 11 is 2.73. The van der Waals surface area contributed by atoms with Gasteiger partial charge >= 0.3 is 0 Å². The van der Waals surface area contributed by atoms with E-state index in [9.17, 15) is 13.2 Å². The SMILES string of the molecule is CC(=O)[C@H](Br)S(C)(=O)=O. The second-order valence-corrected chi connectivity index (χ2v) is 5.41. The molecule has 0 aromatic rings. The molecule has 5 heteroatoms. The van der Waals surface area contributed by atoms with E-state index in [4.69, 9.17) is 0 Å². The van der Waals surface area contributed by atoms with E-state index in [0.29, 0.717) is 0 Å². The first-order valence-corrected chi connectivity index (χ1v) is 5.06. The lowest BCUT2D eigenvalue weighted by Gasteiger charge is -1.99. The first-order valence-electron chi connectivity index (χ1n) is 2.19. The fraction of sp³-hybridized carbons (Fsp3) is 0.750. The Morgan fingerprint density at radius 1 is 1.56 bits per heavy atom. The van der Waals surface area contributed by atoms with Gasteiger partial charge in [0, 0.05) is 6.26 Å². The maximum atomic E-state index is 10.5. The molecule has 0 spiro atoms. The number of sulfone groups is 1. The van der Waals surface area contributed by atoms with E-state index in [1.807, 2.05) is 0 Å². The average molecular weight is 215 g/mol. The Balaban J connectivity index is 4.43. The first-order chi connectivity index (χ1) is 3.85. The highest BCUT2D eigenvalue weighted by Crippen LogP contribution is 2.07. The summed E-state index contributed by atoms with van der Waals surface area (Å²) in [7, 11) is -3.23. The third kappa shape index (κ3) is 2.95. The van der Waals surface area contributed by atoms with Crippen molar-refractivity contribution in [2.24, 2.45) is 0 Å². The molecule has 54 valence electrons. The summed E-state index contributed by atoms with van der Waals surface area (Å²) in [5.41, 5.74) is 0. The summed E-state index contributed by atoms with van der Waals surface area (Å²) in [6.07, 6.45) is 1.01. The maximum Gasteiger partial charge on any atom is 0.173 e. The van der Waals surface area contributed by atoms with Gasteiger partial charge in [0.25, 0.3) is 0 Å². The van der Waals surface area contributed by atoms with Crippen LogP contribution in [0, 0.1) is 0 Å². The zero-order chi connectivity index (χ0) is 7.65. The zero-order valence-electron chi connectivity index (χ0n) is 5.09. The second kappa shape index (κ2) is 2.79. The third-order valence-corrected chi connectivity index (χ3v) is 4.46. The van der Waals surface area contributed by atoms with Crippen LogP contribution in [0.2, 0.25) is 0 Å². The smallest absolute Gasteiger partial charge is 0.173 e. The molecule has 0 rings (SSSR count). The molecule has 9 heavy (non-hydrogen) atoms. The molecule has 0 saturated carbocycles. The van der Waals surface area contributed by atoms with Crippen LogP contribution in [0.5, 0.6) is 0 Å². The van der Waals surface area contributed by atoms with Crippen molar-refractivity contribution in [3.05, 3.63) is 0 Å². The summed E-state index contributed by atoms with van der Waals surface area (Å²) in [6, 6.07) is 0. The van der Waals surface area contributed by atoms with E-state index in [2.05, 4.69) is 15.9 Å². The Morgan fingerprint density at radius 3 is 1.89 bits per heavy atom. The van der Waals surface area contributed by atoms with Crippen LogP contribution in [0.4, 0.5) is 0 Å². The third-order valence-electron chi connectivity index (χ3n) is 0.696. The number of rotatable bonds is 2. The molecule has 0 radical (unpaired) electrons. The Morgan fingerprint density at radius 2 is 1.89 bits per heavy atom. The number of Topliss-reactive ketones (excluding diaryl/α,β-unsaturated/α-hetero) is 1. The Kier molecular flexibility index (Phi) is 2.82. The van der Waals surface area contributed by atoms with Crippen molar-refractivity contribution < 1.29 is 13.2 Å². The quantitative estimate of drug-likeness (QED) is 0.624. The van der Waals surface area contributed by atoms with E-state index >= 15 is 0 Å². The van der Waals surface area contributed by atoms with Crippen molar-refractivity contribution in [2.75, 3.05) is 6.26 Å². The van der Waals surface area contributed by atoms with Crippen molar-refractivity contribution in [3.63, 3.8) is 0 Å². The largest absolute Gasteiger partial charge is 0.298 e. The van der Waals surface area contributed by atoms with Crippen molar-refractivity contribution in [1.29, 1.82) is 0 Å². The Bertz CT molecular complexity index is 206. The van der Waals surface area contributed by atoms with Gasteiger partial charge in [0.2, 0.25) is 0 Å². The van der Waals surface area contributed by atoms with Gasteiger partial charge in [-0.1, -0.05) is 15.9 Å². The van der Waals surface area contributed by atoms with Crippen LogP contribution in [0.25, 0.3) is 0 Å². The van der Waals surface area contributed by atoms with Gasteiger partial charge in [-0.2, -0.15) is 0 Å². The zero-order valence-corrected chi connectivity index (χ0v) is 7.49. The predicted molar refractivity (Wildman–Crippen MR) is 38.2 cm³/mol. The molecule has 0 saturated heterocycles. The molecule has 0 aromatic carbocycles. The fourth-order valence-electron chi connectivity index (χ4n) is 0.301. The van der Waals surface area contributed by atoms with E-state index in [-0.39, 0.29) is 0 Å². The topological polar surface area (TPSA) is 51.2 Å². The van der Waals surface area contributed by atoms with Gasteiger partial charge in [0.05, 0.1) is 0 Å². The van der Waals surface area contributed by atoms with Crippen LogP contribution in [0.1, 0.15) is 6.92 Å². The molecule has 0 aliphatic heterocycles. The number of hydrogen-bond acceptors (Lipinski definition) is 3. The molecule has 0 N–H and O–H groups in total.